The van der Waals surface area contributed by atoms with Gasteiger partial charge in [0.1, 0.15) is 17.6 Å². The van der Waals surface area contributed by atoms with Crippen molar-refractivity contribution in [1.82, 2.24) is 0 Å². The second-order valence-corrected chi connectivity index (χ2v) is 4.08. The molecular weight excluding hydrogens is 256 g/mol. The Morgan fingerprint density at radius 3 is 1.50 bits per heavy atom. The zero-order valence-corrected chi connectivity index (χ0v) is 11.5. The molecule has 1 aliphatic rings. The van der Waals surface area contributed by atoms with Crippen molar-refractivity contribution in [1.29, 1.82) is 0 Å². The minimum absolute atomic E-state index is 0.322. The first kappa shape index (κ1) is 16.0. The Kier molecular flexibility index (Phi) is 7.87. The highest BCUT2D eigenvalue weighted by Crippen LogP contribution is 2.07. The third-order valence-corrected chi connectivity index (χ3v) is 2.27. The van der Waals surface area contributed by atoms with E-state index in [1.165, 1.54) is 0 Å². The molecule has 1 atom stereocenters. The van der Waals surface area contributed by atoms with E-state index in [2.05, 4.69) is 0 Å². The van der Waals surface area contributed by atoms with Gasteiger partial charge in [0.05, 0.1) is 13.2 Å². The van der Waals surface area contributed by atoms with E-state index in [-0.39, 0.29) is 0 Å². The summed E-state index contributed by atoms with van der Waals surface area (Å²) in [6.07, 6.45) is 0.426. The van der Waals surface area contributed by atoms with Crippen molar-refractivity contribution < 1.29 is 19.7 Å². The van der Waals surface area contributed by atoms with Crippen molar-refractivity contribution >= 4 is 0 Å². The molecule has 0 aliphatic carbocycles. The summed E-state index contributed by atoms with van der Waals surface area (Å²) in [4.78, 5) is 0. The van der Waals surface area contributed by atoms with E-state index in [9.17, 15) is 0 Å². The van der Waals surface area contributed by atoms with Gasteiger partial charge in [0.15, 0.2) is 0 Å². The molecule has 108 valence electrons. The molecule has 4 nitrogen and oxygen atoms in total. The van der Waals surface area contributed by atoms with E-state index in [1.54, 1.807) is 55.6 Å². The summed E-state index contributed by atoms with van der Waals surface area (Å²) in [6, 6.07) is 17.4. The number of epoxide rings is 1. The Labute approximate surface area is 119 Å². The third kappa shape index (κ3) is 8.97. The van der Waals surface area contributed by atoms with Gasteiger partial charge in [0.2, 0.25) is 0 Å². The van der Waals surface area contributed by atoms with Gasteiger partial charge in [-0.2, -0.15) is 0 Å². The van der Waals surface area contributed by atoms with E-state index in [1.807, 2.05) is 12.1 Å². The Hall–Kier alpha value is -2.04. The van der Waals surface area contributed by atoms with Gasteiger partial charge in [-0.25, -0.2) is 0 Å². The van der Waals surface area contributed by atoms with E-state index in [0.717, 1.165) is 13.2 Å². The number of rotatable bonds is 2. The molecule has 0 amide bonds. The molecule has 4 heteroatoms. The number of hydrogen-bond donors (Lipinski definition) is 2. The Bertz CT molecular complexity index is 403. The molecule has 1 aliphatic heterocycles. The molecule has 0 radical (unpaired) electrons. The van der Waals surface area contributed by atoms with Crippen LogP contribution in [0.25, 0.3) is 0 Å². The molecule has 2 N–H and O–H groups in total. The van der Waals surface area contributed by atoms with E-state index >= 15 is 0 Å². The smallest absolute Gasteiger partial charge is 0.115 e. The van der Waals surface area contributed by atoms with Crippen molar-refractivity contribution in [2.24, 2.45) is 0 Å². The number of aromatic hydroxyl groups is 2. The molecular formula is C16H20O4. The van der Waals surface area contributed by atoms with E-state index in [0.29, 0.717) is 17.6 Å². The summed E-state index contributed by atoms with van der Waals surface area (Å²) in [5, 5.41) is 17.3. The summed E-state index contributed by atoms with van der Waals surface area (Å²) in [5.74, 6) is 0.644. The maximum absolute atomic E-state index is 8.63. The van der Waals surface area contributed by atoms with Crippen LogP contribution in [0, 0.1) is 0 Å². The number of ether oxygens (including phenoxy) is 2. The predicted molar refractivity (Wildman–Crippen MR) is 77.8 cm³/mol. The van der Waals surface area contributed by atoms with Gasteiger partial charge in [-0.05, 0) is 24.3 Å². The van der Waals surface area contributed by atoms with Crippen LogP contribution in [0.3, 0.4) is 0 Å². The van der Waals surface area contributed by atoms with Crippen LogP contribution in [-0.4, -0.2) is 36.6 Å². The lowest BCUT2D eigenvalue weighted by Crippen LogP contribution is -1.94. The van der Waals surface area contributed by atoms with Crippen LogP contribution in [0.4, 0.5) is 0 Å². The number of phenols is 2. The van der Waals surface area contributed by atoms with E-state index in [4.69, 9.17) is 19.7 Å². The lowest BCUT2D eigenvalue weighted by atomic mass is 10.3. The normalized spacial score (nSPS) is 15.2. The quantitative estimate of drug-likeness (QED) is 0.828. The molecule has 0 aromatic heterocycles. The van der Waals surface area contributed by atoms with Crippen molar-refractivity contribution in [3.63, 3.8) is 0 Å². The molecule has 3 rings (SSSR count). The zero-order valence-electron chi connectivity index (χ0n) is 11.5. The predicted octanol–water partition coefficient (Wildman–Crippen LogP) is 2.82. The van der Waals surface area contributed by atoms with Crippen molar-refractivity contribution in [3.8, 4) is 11.5 Å². The van der Waals surface area contributed by atoms with Crippen LogP contribution in [-0.2, 0) is 9.47 Å². The minimum atomic E-state index is 0.322. The Morgan fingerprint density at radius 1 is 0.950 bits per heavy atom. The van der Waals surface area contributed by atoms with Crippen LogP contribution >= 0.6 is 0 Å². The van der Waals surface area contributed by atoms with Crippen LogP contribution in [0.5, 0.6) is 11.5 Å². The second-order valence-electron chi connectivity index (χ2n) is 4.08. The number of methoxy groups -OCH3 is 1. The highest BCUT2D eigenvalue weighted by molar-refractivity contribution is 5.19. The number of hydrogen-bond acceptors (Lipinski definition) is 4. The molecule has 1 saturated heterocycles. The Balaban J connectivity index is 0.000000151. The molecule has 1 unspecified atom stereocenters. The maximum Gasteiger partial charge on any atom is 0.115 e. The fraction of sp³-hybridized carbons (Fsp3) is 0.250. The molecule has 2 aromatic carbocycles. The molecule has 2 aromatic rings. The SMILES string of the molecule is COCC1CO1.Oc1ccccc1.Oc1ccccc1. The molecule has 0 bridgehead atoms. The summed E-state index contributed by atoms with van der Waals surface area (Å²) in [6.45, 7) is 1.66. The average Bonchev–Trinajstić information content (AvgIpc) is 3.27. The van der Waals surface area contributed by atoms with Gasteiger partial charge in [0, 0.05) is 7.11 Å². The number of benzene rings is 2. The molecule has 0 spiro atoms. The summed E-state index contributed by atoms with van der Waals surface area (Å²) >= 11 is 0. The van der Waals surface area contributed by atoms with Crippen LogP contribution in [0.2, 0.25) is 0 Å². The van der Waals surface area contributed by atoms with Crippen LogP contribution < -0.4 is 0 Å². The standard InChI is InChI=1S/2C6H6O.C4H8O2/c2*7-6-4-2-1-3-5-6;1-5-2-4-3-6-4/h2*1-5,7H;4H,2-3H2,1H3. The number of phenolic OH excluding ortho intramolecular Hbond substituents is 2. The fourth-order valence-corrected chi connectivity index (χ4v) is 1.21. The van der Waals surface area contributed by atoms with Gasteiger partial charge >= 0.3 is 0 Å². The lowest BCUT2D eigenvalue weighted by Gasteiger charge is -1.84. The van der Waals surface area contributed by atoms with Crippen molar-refractivity contribution in [3.05, 3.63) is 60.7 Å². The Morgan fingerprint density at radius 2 is 1.35 bits per heavy atom. The van der Waals surface area contributed by atoms with Crippen molar-refractivity contribution in [2.45, 2.75) is 6.10 Å². The van der Waals surface area contributed by atoms with Gasteiger partial charge < -0.3 is 19.7 Å². The monoisotopic (exact) mass is 276 g/mol. The lowest BCUT2D eigenvalue weighted by molar-refractivity contribution is 0.171. The summed E-state index contributed by atoms with van der Waals surface area (Å²) in [5.41, 5.74) is 0. The summed E-state index contributed by atoms with van der Waals surface area (Å²) in [7, 11) is 1.68. The van der Waals surface area contributed by atoms with Gasteiger partial charge in [-0.3, -0.25) is 0 Å². The van der Waals surface area contributed by atoms with Gasteiger partial charge in [-0.15, -0.1) is 0 Å². The summed E-state index contributed by atoms with van der Waals surface area (Å²) < 4.78 is 9.56. The molecule has 0 saturated carbocycles. The molecule has 1 fully saturated rings. The number of para-hydroxylation sites is 2. The van der Waals surface area contributed by atoms with Crippen molar-refractivity contribution in [2.75, 3.05) is 20.3 Å². The van der Waals surface area contributed by atoms with Gasteiger partial charge in [0.25, 0.3) is 0 Å². The molecule has 1 heterocycles. The first-order chi connectivity index (χ1) is 9.72. The second kappa shape index (κ2) is 9.83. The highest BCUT2D eigenvalue weighted by Gasteiger charge is 2.21. The van der Waals surface area contributed by atoms with Crippen LogP contribution in [0.15, 0.2) is 60.7 Å². The average molecular weight is 276 g/mol. The maximum atomic E-state index is 8.63. The van der Waals surface area contributed by atoms with Crippen LogP contribution in [0.1, 0.15) is 0 Å². The third-order valence-electron chi connectivity index (χ3n) is 2.27. The molecule has 20 heavy (non-hydrogen) atoms. The highest BCUT2D eigenvalue weighted by atomic mass is 16.6. The zero-order chi connectivity index (χ0) is 14.6. The fourth-order valence-electron chi connectivity index (χ4n) is 1.21. The van der Waals surface area contributed by atoms with E-state index < -0.39 is 0 Å². The first-order valence-corrected chi connectivity index (χ1v) is 6.31. The van der Waals surface area contributed by atoms with Gasteiger partial charge in [-0.1, -0.05) is 36.4 Å². The topological polar surface area (TPSA) is 62.2 Å². The largest absolute Gasteiger partial charge is 0.508 e. The first-order valence-electron chi connectivity index (χ1n) is 6.31. The minimum Gasteiger partial charge on any atom is -0.508 e.